The predicted octanol–water partition coefficient (Wildman–Crippen LogP) is 5.11. The van der Waals surface area contributed by atoms with Gasteiger partial charge in [0.1, 0.15) is 11.9 Å². The maximum atomic E-state index is 11.5. The fourth-order valence-corrected chi connectivity index (χ4v) is 5.38. The Morgan fingerprint density at radius 3 is 2.70 bits per heavy atom. The van der Waals surface area contributed by atoms with Crippen LogP contribution in [-0.2, 0) is 0 Å². The van der Waals surface area contributed by atoms with Crippen molar-refractivity contribution >= 4 is 29.1 Å². The van der Waals surface area contributed by atoms with Crippen molar-refractivity contribution in [1.82, 2.24) is 0 Å². The number of carboxylic acids is 1. The molecule has 0 bridgehead atoms. The van der Waals surface area contributed by atoms with Crippen LogP contribution in [0.25, 0.3) is 5.70 Å². The van der Waals surface area contributed by atoms with Crippen LogP contribution in [0.5, 0.6) is 5.75 Å². The van der Waals surface area contributed by atoms with Crippen LogP contribution in [0.15, 0.2) is 77.2 Å². The first-order valence-corrected chi connectivity index (χ1v) is 10.4. The van der Waals surface area contributed by atoms with Gasteiger partial charge in [-0.15, -0.1) is 11.8 Å². The van der Waals surface area contributed by atoms with Crippen LogP contribution in [0.4, 0.5) is 5.69 Å². The first-order valence-electron chi connectivity index (χ1n) is 9.53. The van der Waals surface area contributed by atoms with E-state index in [9.17, 15) is 15.0 Å². The lowest BCUT2D eigenvalue weighted by Gasteiger charge is -2.21. The number of carbonyl (C=O) groups is 1. The number of nitrogens with one attached hydrogen (secondary N) is 1. The predicted molar refractivity (Wildman–Crippen MR) is 117 cm³/mol. The topological polar surface area (TPSA) is 78.8 Å². The van der Waals surface area contributed by atoms with E-state index in [-0.39, 0.29) is 10.8 Å². The number of para-hydroxylation sites is 1. The minimum atomic E-state index is -0.992. The summed E-state index contributed by atoms with van der Waals surface area (Å²) in [5.41, 5.74) is 5.16. The maximum Gasteiger partial charge on any atom is 0.335 e. The number of methoxy groups -OCH3 is 1. The molecule has 0 spiro atoms. The van der Waals surface area contributed by atoms with Crippen LogP contribution in [0.1, 0.15) is 38.4 Å². The highest BCUT2D eigenvalue weighted by Gasteiger charge is 2.38. The molecule has 30 heavy (non-hydrogen) atoms. The lowest BCUT2D eigenvalue weighted by molar-refractivity contribution is 0.0696. The summed E-state index contributed by atoms with van der Waals surface area (Å²) < 4.78 is 5.42. The number of hydrogen-bond acceptors (Lipinski definition) is 5. The van der Waals surface area contributed by atoms with E-state index in [0.717, 1.165) is 38.7 Å². The second-order valence-corrected chi connectivity index (χ2v) is 8.38. The third-order valence-corrected chi connectivity index (χ3v) is 6.89. The third-order valence-electron chi connectivity index (χ3n) is 5.52. The minimum absolute atomic E-state index is 0.165. The molecule has 1 heterocycles. The Bertz CT molecular complexity index is 1200. The molecule has 0 radical (unpaired) electrons. The van der Waals surface area contributed by atoms with E-state index in [1.165, 1.54) is 0 Å². The average Bonchev–Trinajstić information content (AvgIpc) is 2.93. The average molecular weight is 417 g/mol. The van der Waals surface area contributed by atoms with E-state index in [2.05, 4.69) is 5.32 Å². The van der Waals surface area contributed by atoms with E-state index in [0.29, 0.717) is 5.56 Å². The van der Waals surface area contributed by atoms with E-state index in [4.69, 9.17) is 4.74 Å². The largest absolute Gasteiger partial charge is 0.497 e. The first kappa shape index (κ1) is 18.8. The van der Waals surface area contributed by atoms with Gasteiger partial charge in [-0.25, -0.2) is 4.79 Å². The molecule has 2 unspecified atom stereocenters. The lowest BCUT2D eigenvalue weighted by Crippen LogP contribution is -2.06. The normalized spacial score (nSPS) is 19.3. The fraction of sp³-hybridized carbons (Fsp3) is 0.125. The number of thioether (sulfide) groups is 1. The highest BCUT2D eigenvalue weighted by Crippen LogP contribution is 2.56. The van der Waals surface area contributed by atoms with E-state index >= 15 is 0 Å². The Morgan fingerprint density at radius 2 is 1.90 bits per heavy atom. The molecule has 3 N–H and O–H groups in total. The van der Waals surface area contributed by atoms with Gasteiger partial charge >= 0.3 is 5.97 Å². The Labute approximate surface area is 178 Å². The van der Waals surface area contributed by atoms with E-state index < -0.39 is 12.1 Å². The molecule has 0 amide bonds. The van der Waals surface area contributed by atoms with Crippen molar-refractivity contribution in [2.24, 2.45) is 0 Å². The molecule has 150 valence electrons. The van der Waals surface area contributed by atoms with E-state index in [1.807, 2.05) is 48.5 Å². The molecular formula is C24H19NO4S. The van der Waals surface area contributed by atoms with Crippen molar-refractivity contribution < 1.29 is 19.7 Å². The Morgan fingerprint density at radius 1 is 1.07 bits per heavy atom. The molecule has 2 atom stereocenters. The summed E-state index contributed by atoms with van der Waals surface area (Å²) in [5.74, 6) is -0.243. The molecular weight excluding hydrogens is 398 g/mol. The van der Waals surface area contributed by atoms with Crippen molar-refractivity contribution in [3.63, 3.8) is 0 Å². The van der Waals surface area contributed by atoms with Gasteiger partial charge in [-0.1, -0.05) is 30.3 Å². The van der Waals surface area contributed by atoms with Gasteiger partial charge < -0.3 is 20.3 Å². The zero-order chi connectivity index (χ0) is 20.8. The number of rotatable bonds is 3. The van der Waals surface area contributed by atoms with Gasteiger partial charge in [-0.05, 0) is 47.5 Å². The van der Waals surface area contributed by atoms with E-state index in [1.54, 1.807) is 37.1 Å². The van der Waals surface area contributed by atoms with Crippen LogP contribution >= 0.6 is 11.8 Å². The molecule has 0 saturated heterocycles. The third kappa shape index (κ3) is 2.96. The summed E-state index contributed by atoms with van der Waals surface area (Å²) >= 11 is 1.66. The van der Waals surface area contributed by atoms with Crippen molar-refractivity contribution in [2.75, 3.05) is 12.4 Å². The molecule has 3 aromatic carbocycles. The number of aromatic carboxylic acids is 1. The fourth-order valence-electron chi connectivity index (χ4n) is 4.07. The number of fused-ring (bicyclic) bond motifs is 3. The summed E-state index contributed by atoms with van der Waals surface area (Å²) in [5, 5.41) is 24.1. The first-order chi connectivity index (χ1) is 14.6. The highest BCUT2D eigenvalue weighted by molar-refractivity contribution is 8.00. The van der Waals surface area contributed by atoms with Crippen molar-refractivity contribution in [1.29, 1.82) is 0 Å². The molecule has 5 rings (SSSR count). The quantitative estimate of drug-likeness (QED) is 0.550. The summed E-state index contributed by atoms with van der Waals surface area (Å²) in [7, 11) is 1.63. The molecule has 0 saturated carbocycles. The Kier molecular flexibility index (Phi) is 4.53. The highest BCUT2D eigenvalue weighted by atomic mass is 32.2. The number of ether oxygens (including phenoxy) is 1. The number of benzene rings is 3. The molecule has 3 aromatic rings. The van der Waals surface area contributed by atoms with Crippen LogP contribution in [0.3, 0.4) is 0 Å². The summed E-state index contributed by atoms with van der Waals surface area (Å²) in [6, 6.07) is 20.7. The zero-order valence-corrected chi connectivity index (χ0v) is 16.9. The number of aliphatic hydroxyl groups is 1. The minimum Gasteiger partial charge on any atom is -0.497 e. The Hall–Kier alpha value is -3.22. The maximum absolute atomic E-state index is 11.5. The standard InChI is InChI=1S/C24H19NO4S/c1-29-15-6-4-5-13(11-15)23-20-21(25-18-7-2-3-8-19(18)30-23)17-12-14(24(27)28)9-10-16(17)22(20)26/h2-12,22-23,25-26H,1H3,(H,27,28). The molecule has 2 aliphatic rings. The Balaban J connectivity index is 1.73. The smallest absolute Gasteiger partial charge is 0.335 e. The SMILES string of the molecule is COc1cccc(C2Sc3ccccc3NC3=C2C(O)c2ccc(C(=O)O)cc23)c1. The van der Waals surface area contributed by atoms with Gasteiger partial charge in [-0.2, -0.15) is 0 Å². The summed E-state index contributed by atoms with van der Waals surface area (Å²) in [6.07, 6.45) is -0.830. The molecule has 1 aliphatic heterocycles. The van der Waals surface area contributed by atoms with Crippen molar-refractivity contribution in [3.8, 4) is 5.75 Å². The number of carboxylic acid groups (broad SMARTS) is 1. The number of aliphatic hydroxyl groups excluding tert-OH is 1. The number of hydrogen-bond donors (Lipinski definition) is 3. The summed E-state index contributed by atoms with van der Waals surface area (Å²) in [4.78, 5) is 12.6. The molecule has 6 heteroatoms. The second-order valence-electron chi connectivity index (χ2n) is 7.24. The molecule has 5 nitrogen and oxygen atoms in total. The van der Waals surface area contributed by atoms with Gasteiger partial charge in [0.05, 0.1) is 23.6 Å². The van der Waals surface area contributed by atoms with Crippen LogP contribution < -0.4 is 10.1 Å². The van der Waals surface area contributed by atoms with Gasteiger partial charge in [0.25, 0.3) is 0 Å². The molecule has 0 fully saturated rings. The van der Waals surface area contributed by atoms with Gasteiger partial charge in [-0.3, -0.25) is 0 Å². The second kappa shape index (κ2) is 7.23. The molecule has 0 aromatic heterocycles. The van der Waals surface area contributed by atoms with Gasteiger partial charge in [0.15, 0.2) is 0 Å². The van der Waals surface area contributed by atoms with Crippen LogP contribution in [-0.4, -0.2) is 23.3 Å². The van der Waals surface area contributed by atoms with Gasteiger partial charge in [0.2, 0.25) is 0 Å². The van der Waals surface area contributed by atoms with Crippen molar-refractivity contribution in [2.45, 2.75) is 16.2 Å². The number of anilines is 1. The monoisotopic (exact) mass is 417 g/mol. The van der Waals surface area contributed by atoms with Crippen LogP contribution in [0.2, 0.25) is 0 Å². The zero-order valence-electron chi connectivity index (χ0n) is 16.1. The lowest BCUT2D eigenvalue weighted by atomic mass is 9.99. The molecule has 1 aliphatic carbocycles. The van der Waals surface area contributed by atoms with Crippen molar-refractivity contribution in [3.05, 3.63) is 94.6 Å². The van der Waals surface area contributed by atoms with Gasteiger partial charge in [0, 0.05) is 21.7 Å². The van der Waals surface area contributed by atoms with Crippen LogP contribution in [0, 0.1) is 0 Å². The summed E-state index contributed by atoms with van der Waals surface area (Å²) in [6.45, 7) is 0.